The molecule has 2 saturated heterocycles. The minimum atomic E-state index is -4.50. The number of pyridine rings is 1. The van der Waals surface area contributed by atoms with Gasteiger partial charge in [-0.1, -0.05) is 12.1 Å². The lowest BCUT2D eigenvalue weighted by molar-refractivity contribution is -0.138. The third kappa shape index (κ3) is 6.76. The third-order valence-electron chi connectivity index (χ3n) is 7.30. The summed E-state index contributed by atoms with van der Waals surface area (Å²) in [7, 11) is 0. The van der Waals surface area contributed by atoms with E-state index in [2.05, 4.69) is 9.88 Å². The Morgan fingerprint density at radius 2 is 1.61 bits per heavy atom. The molecule has 6 nitrogen and oxygen atoms in total. The second-order valence-corrected chi connectivity index (χ2v) is 9.83. The van der Waals surface area contributed by atoms with E-state index in [1.807, 2.05) is 4.90 Å². The number of benzene rings is 1. The molecule has 2 aliphatic rings. The summed E-state index contributed by atoms with van der Waals surface area (Å²) in [6.45, 7) is 3.59. The van der Waals surface area contributed by atoms with Gasteiger partial charge in [0.05, 0.1) is 16.7 Å². The van der Waals surface area contributed by atoms with Crippen molar-refractivity contribution in [2.75, 3.05) is 50.7 Å². The van der Waals surface area contributed by atoms with Crippen molar-refractivity contribution >= 4 is 11.7 Å². The summed E-state index contributed by atoms with van der Waals surface area (Å²) in [4.78, 5) is 22.5. The molecule has 1 aromatic carbocycles. The van der Waals surface area contributed by atoms with Gasteiger partial charge in [0, 0.05) is 51.9 Å². The number of nitrogens with zero attached hydrogens (tertiary/aromatic N) is 4. The molecule has 1 aromatic heterocycles. The van der Waals surface area contributed by atoms with Crippen LogP contribution in [0.2, 0.25) is 0 Å². The van der Waals surface area contributed by atoms with Gasteiger partial charge >= 0.3 is 12.4 Å². The monoisotopic (exact) mass is 544 g/mol. The zero-order chi connectivity index (χ0) is 27.6. The van der Waals surface area contributed by atoms with Crippen molar-refractivity contribution in [2.24, 2.45) is 0 Å². The van der Waals surface area contributed by atoms with Crippen molar-refractivity contribution in [1.29, 1.82) is 0 Å². The molecule has 12 heteroatoms. The fraction of sp³-hybridized carbons (Fsp3) is 0.538. The number of rotatable bonds is 5. The van der Waals surface area contributed by atoms with Gasteiger partial charge < -0.3 is 19.8 Å². The standard InChI is InChI=1S/C26H30F6N4O2/c27-25(28,29)20-4-1-3-19(17-20)24(38)8-13-36(14-9-24)23(37)7-12-34-10-2-11-35(16-15-34)22-6-5-21(18-33-22)26(30,31)32/h1,3-6,17-18,38H,2,7-16H2. The summed E-state index contributed by atoms with van der Waals surface area (Å²) in [5.41, 5.74) is -2.82. The van der Waals surface area contributed by atoms with Crippen LogP contribution in [0.25, 0.3) is 0 Å². The van der Waals surface area contributed by atoms with Crippen molar-refractivity contribution < 1.29 is 36.2 Å². The van der Waals surface area contributed by atoms with Gasteiger partial charge in [-0.3, -0.25) is 4.79 Å². The number of carbonyl (C=O) groups is 1. The average Bonchev–Trinajstić information content (AvgIpc) is 3.13. The number of piperidine rings is 1. The first-order chi connectivity index (χ1) is 17.8. The van der Waals surface area contributed by atoms with E-state index in [4.69, 9.17) is 0 Å². The molecule has 0 saturated carbocycles. The van der Waals surface area contributed by atoms with E-state index in [0.717, 1.165) is 37.4 Å². The molecule has 0 bridgehead atoms. The van der Waals surface area contributed by atoms with E-state index in [1.54, 1.807) is 4.90 Å². The fourth-order valence-corrected chi connectivity index (χ4v) is 4.98. The van der Waals surface area contributed by atoms with E-state index < -0.39 is 29.1 Å². The molecule has 0 unspecified atom stereocenters. The van der Waals surface area contributed by atoms with E-state index in [0.29, 0.717) is 32.0 Å². The maximum absolute atomic E-state index is 13.1. The largest absolute Gasteiger partial charge is 0.417 e. The van der Waals surface area contributed by atoms with Crippen LogP contribution in [0.3, 0.4) is 0 Å². The topological polar surface area (TPSA) is 59.9 Å². The summed E-state index contributed by atoms with van der Waals surface area (Å²) in [5.74, 6) is 0.402. The molecule has 2 aliphatic heterocycles. The van der Waals surface area contributed by atoms with Crippen molar-refractivity contribution in [2.45, 2.75) is 43.6 Å². The number of aliphatic hydroxyl groups is 1. The van der Waals surface area contributed by atoms with Crippen LogP contribution in [0.4, 0.5) is 32.2 Å². The fourth-order valence-electron chi connectivity index (χ4n) is 4.98. The number of carbonyl (C=O) groups excluding carboxylic acids is 1. The number of hydrogen-bond donors (Lipinski definition) is 1. The van der Waals surface area contributed by atoms with Crippen LogP contribution in [0.15, 0.2) is 42.6 Å². The summed E-state index contributed by atoms with van der Waals surface area (Å²) in [5, 5.41) is 11.0. The predicted octanol–water partition coefficient (Wildman–Crippen LogP) is 4.53. The lowest BCUT2D eigenvalue weighted by atomic mass is 9.83. The lowest BCUT2D eigenvalue weighted by Crippen LogP contribution is -2.46. The lowest BCUT2D eigenvalue weighted by Gasteiger charge is -2.39. The van der Waals surface area contributed by atoms with Gasteiger partial charge in [-0.25, -0.2) is 4.98 Å². The maximum Gasteiger partial charge on any atom is 0.417 e. The Morgan fingerprint density at radius 1 is 0.895 bits per heavy atom. The Morgan fingerprint density at radius 3 is 2.24 bits per heavy atom. The van der Waals surface area contributed by atoms with Crippen molar-refractivity contribution in [1.82, 2.24) is 14.8 Å². The second-order valence-electron chi connectivity index (χ2n) is 9.83. The molecule has 0 spiro atoms. The molecular weight excluding hydrogens is 514 g/mol. The van der Waals surface area contributed by atoms with Gasteiger partial charge in [0.1, 0.15) is 5.82 Å². The summed E-state index contributed by atoms with van der Waals surface area (Å²) >= 11 is 0. The van der Waals surface area contributed by atoms with Crippen LogP contribution in [0.5, 0.6) is 0 Å². The minimum Gasteiger partial charge on any atom is -0.385 e. The van der Waals surface area contributed by atoms with Crippen LogP contribution < -0.4 is 4.90 Å². The zero-order valence-electron chi connectivity index (χ0n) is 20.7. The summed E-state index contributed by atoms with van der Waals surface area (Å²) in [6, 6.07) is 7.10. The van der Waals surface area contributed by atoms with Crippen LogP contribution in [-0.2, 0) is 22.7 Å². The SMILES string of the molecule is O=C(CCN1CCCN(c2ccc(C(F)(F)F)cn2)CC1)N1CCC(O)(c2cccc(C(F)(F)F)c2)CC1. The molecule has 2 aromatic rings. The number of likely N-dealkylation sites (tertiary alicyclic amines) is 1. The summed E-state index contributed by atoms with van der Waals surface area (Å²) < 4.78 is 77.6. The highest BCUT2D eigenvalue weighted by molar-refractivity contribution is 5.76. The highest BCUT2D eigenvalue weighted by Crippen LogP contribution is 2.37. The normalized spacial score (nSPS) is 19.3. The Labute approximate surface area is 216 Å². The maximum atomic E-state index is 13.1. The minimum absolute atomic E-state index is 0.0819. The molecule has 1 N–H and O–H groups in total. The first kappa shape index (κ1) is 28.2. The van der Waals surface area contributed by atoms with Crippen LogP contribution in [0.1, 0.15) is 42.4 Å². The van der Waals surface area contributed by atoms with Crippen molar-refractivity contribution in [3.05, 3.63) is 59.3 Å². The molecular formula is C26H30F6N4O2. The Hall–Kier alpha value is -2.86. The number of anilines is 1. The van der Waals surface area contributed by atoms with Crippen LogP contribution in [-0.4, -0.2) is 71.6 Å². The Kier molecular flexibility index (Phi) is 8.22. The highest BCUT2D eigenvalue weighted by Gasteiger charge is 2.38. The van der Waals surface area contributed by atoms with E-state index in [9.17, 15) is 36.2 Å². The highest BCUT2D eigenvalue weighted by atomic mass is 19.4. The summed E-state index contributed by atoms with van der Waals surface area (Å²) in [6.07, 6.45) is -6.76. The molecule has 3 heterocycles. The molecule has 4 rings (SSSR count). The third-order valence-corrected chi connectivity index (χ3v) is 7.30. The van der Waals surface area contributed by atoms with Crippen molar-refractivity contribution in [3.63, 3.8) is 0 Å². The van der Waals surface area contributed by atoms with Gasteiger partial charge in [0.15, 0.2) is 0 Å². The Bertz CT molecular complexity index is 1100. The molecule has 38 heavy (non-hydrogen) atoms. The molecule has 2 fully saturated rings. The first-order valence-electron chi connectivity index (χ1n) is 12.5. The zero-order valence-corrected chi connectivity index (χ0v) is 20.7. The molecule has 0 atom stereocenters. The van der Waals surface area contributed by atoms with Gasteiger partial charge in [0.2, 0.25) is 5.91 Å². The first-order valence-corrected chi connectivity index (χ1v) is 12.5. The van der Waals surface area contributed by atoms with Crippen LogP contribution >= 0.6 is 0 Å². The molecule has 208 valence electrons. The number of alkyl halides is 6. The second kappa shape index (κ2) is 11.1. The van der Waals surface area contributed by atoms with Gasteiger partial charge in [-0.15, -0.1) is 0 Å². The Balaban J connectivity index is 1.25. The number of hydrogen-bond acceptors (Lipinski definition) is 5. The van der Waals surface area contributed by atoms with Gasteiger partial charge in [-0.05, 0) is 55.6 Å². The van der Waals surface area contributed by atoms with Crippen molar-refractivity contribution in [3.8, 4) is 0 Å². The van der Waals surface area contributed by atoms with Crippen LogP contribution in [0, 0.1) is 0 Å². The molecule has 0 radical (unpaired) electrons. The number of amides is 1. The van der Waals surface area contributed by atoms with E-state index in [-0.39, 0.29) is 43.8 Å². The van der Waals surface area contributed by atoms with E-state index >= 15 is 0 Å². The molecule has 0 aliphatic carbocycles. The van der Waals surface area contributed by atoms with E-state index in [1.165, 1.54) is 18.2 Å². The number of halogens is 6. The van der Waals surface area contributed by atoms with Gasteiger partial charge in [-0.2, -0.15) is 26.3 Å². The average molecular weight is 545 g/mol. The quantitative estimate of drug-likeness (QED) is 0.561. The van der Waals surface area contributed by atoms with Gasteiger partial charge in [0.25, 0.3) is 0 Å². The molecule has 1 amide bonds. The smallest absolute Gasteiger partial charge is 0.385 e. The predicted molar refractivity (Wildman–Crippen MR) is 128 cm³/mol. The number of aromatic nitrogens is 1.